The normalized spacial score (nSPS) is 11.9. The number of hydrogen-bond acceptors (Lipinski definition) is 5. The van der Waals surface area contributed by atoms with E-state index in [0.29, 0.717) is 24.3 Å². The van der Waals surface area contributed by atoms with E-state index in [4.69, 9.17) is 4.74 Å². The van der Waals surface area contributed by atoms with Crippen LogP contribution >= 0.6 is 0 Å². The van der Waals surface area contributed by atoms with Gasteiger partial charge in [-0.3, -0.25) is 20.2 Å². The van der Waals surface area contributed by atoms with Crippen LogP contribution in [0.1, 0.15) is 11.1 Å². The molecule has 2 rings (SSSR count). The summed E-state index contributed by atoms with van der Waals surface area (Å²) in [5, 5.41) is 22.1. The Hall–Kier alpha value is -3.38. The molecule has 0 unspecified atom stereocenters. The molecular formula is C14H6F6N2O5. The van der Waals surface area contributed by atoms with E-state index in [9.17, 15) is 46.6 Å². The monoisotopic (exact) mass is 396 g/mol. The van der Waals surface area contributed by atoms with Crippen molar-refractivity contribution in [2.24, 2.45) is 0 Å². The second kappa shape index (κ2) is 6.74. The van der Waals surface area contributed by atoms with Gasteiger partial charge in [-0.25, -0.2) is 0 Å². The zero-order chi connectivity index (χ0) is 20.6. The predicted octanol–water partition coefficient (Wildman–Crippen LogP) is 5.33. The molecular weight excluding hydrogens is 390 g/mol. The van der Waals surface area contributed by atoms with Crippen LogP contribution in [0.2, 0.25) is 0 Å². The van der Waals surface area contributed by atoms with Crippen LogP contribution in [0.5, 0.6) is 11.5 Å². The summed E-state index contributed by atoms with van der Waals surface area (Å²) >= 11 is 0. The Morgan fingerprint density at radius 3 is 1.48 bits per heavy atom. The van der Waals surface area contributed by atoms with E-state index < -0.39 is 56.2 Å². The summed E-state index contributed by atoms with van der Waals surface area (Å²) in [5.41, 5.74) is -5.47. The van der Waals surface area contributed by atoms with Gasteiger partial charge in [0.25, 0.3) is 5.75 Å². The molecule has 13 heteroatoms. The molecule has 0 spiro atoms. The van der Waals surface area contributed by atoms with E-state index in [2.05, 4.69) is 0 Å². The van der Waals surface area contributed by atoms with Crippen molar-refractivity contribution in [3.05, 3.63) is 67.8 Å². The molecule has 0 aromatic heterocycles. The van der Waals surface area contributed by atoms with Gasteiger partial charge in [0.05, 0.1) is 21.0 Å². The number of nitro benzene ring substituents is 2. The zero-order valence-electron chi connectivity index (χ0n) is 12.7. The molecule has 0 radical (unpaired) electrons. The van der Waals surface area contributed by atoms with Gasteiger partial charge in [0, 0.05) is 12.1 Å². The molecule has 0 atom stereocenters. The highest BCUT2D eigenvalue weighted by molar-refractivity contribution is 5.63. The van der Waals surface area contributed by atoms with Crippen molar-refractivity contribution in [3.8, 4) is 11.5 Å². The average Bonchev–Trinajstić information content (AvgIpc) is 2.53. The van der Waals surface area contributed by atoms with Gasteiger partial charge in [0.2, 0.25) is 0 Å². The van der Waals surface area contributed by atoms with Gasteiger partial charge in [0.1, 0.15) is 5.75 Å². The number of rotatable bonds is 4. The van der Waals surface area contributed by atoms with Crippen molar-refractivity contribution in [1.29, 1.82) is 0 Å². The number of alkyl halides is 6. The Bertz CT molecular complexity index is 857. The second-order valence-electron chi connectivity index (χ2n) is 4.98. The van der Waals surface area contributed by atoms with E-state index in [1.54, 1.807) is 0 Å². The second-order valence-corrected chi connectivity index (χ2v) is 4.98. The number of ether oxygens (including phenoxy) is 1. The highest BCUT2D eigenvalue weighted by atomic mass is 19.4. The molecule has 0 amide bonds. The fourth-order valence-corrected chi connectivity index (χ4v) is 1.97. The number of nitrogens with zero attached hydrogens (tertiary/aromatic N) is 2. The quantitative estimate of drug-likeness (QED) is 0.395. The molecule has 7 nitrogen and oxygen atoms in total. The van der Waals surface area contributed by atoms with Crippen molar-refractivity contribution in [3.63, 3.8) is 0 Å². The van der Waals surface area contributed by atoms with Crippen molar-refractivity contribution < 1.29 is 40.9 Å². The molecule has 0 saturated carbocycles. The first-order chi connectivity index (χ1) is 12.3. The Labute approximate surface area is 145 Å². The van der Waals surface area contributed by atoms with Gasteiger partial charge in [-0.05, 0) is 24.3 Å². The molecule has 0 aliphatic heterocycles. The minimum Gasteiger partial charge on any atom is -0.444 e. The molecule has 2 aromatic carbocycles. The van der Waals surface area contributed by atoms with Crippen LogP contribution in [0.4, 0.5) is 37.7 Å². The van der Waals surface area contributed by atoms with Crippen LogP contribution in [0.3, 0.4) is 0 Å². The maximum Gasteiger partial charge on any atom is 0.416 e. The van der Waals surface area contributed by atoms with Gasteiger partial charge in [-0.1, -0.05) is 0 Å². The van der Waals surface area contributed by atoms with Crippen molar-refractivity contribution in [1.82, 2.24) is 0 Å². The lowest BCUT2D eigenvalue weighted by molar-refractivity contribution is -0.396. The van der Waals surface area contributed by atoms with Gasteiger partial charge in [-0.15, -0.1) is 0 Å². The highest BCUT2D eigenvalue weighted by Gasteiger charge is 2.38. The molecule has 0 bridgehead atoms. The third kappa shape index (κ3) is 4.43. The van der Waals surface area contributed by atoms with Gasteiger partial charge in [-0.2, -0.15) is 26.3 Å². The van der Waals surface area contributed by atoms with Gasteiger partial charge >= 0.3 is 23.7 Å². The molecule has 0 N–H and O–H groups in total. The minimum absolute atomic E-state index is 0.0341. The first-order valence-electron chi connectivity index (χ1n) is 6.70. The van der Waals surface area contributed by atoms with Gasteiger partial charge < -0.3 is 4.74 Å². The fraction of sp³-hybridized carbons (Fsp3) is 0.143. The van der Waals surface area contributed by atoms with E-state index in [-0.39, 0.29) is 12.1 Å². The first-order valence-corrected chi connectivity index (χ1v) is 6.70. The first kappa shape index (κ1) is 19.9. The van der Waals surface area contributed by atoms with Crippen LogP contribution in [0, 0.1) is 20.2 Å². The summed E-state index contributed by atoms with van der Waals surface area (Å²) in [5.74, 6) is -1.62. The maximum atomic E-state index is 12.8. The largest absolute Gasteiger partial charge is 0.444 e. The lowest BCUT2D eigenvalue weighted by atomic mass is 10.1. The SMILES string of the molecule is O=[N+]([O-])c1cc(C(F)(F)F)cc([N+](=O)[O-])c1Oc1ccc(C(F)(F)F)cc1. The number of nitro groups is 2. The van der Waals surface area contributed by atoms with Crippen LogP contribution in [-0.4, -0.2) is 9.85 Å². The highest BCUT2D eigenvalue weighted by Crippen LogP contribution is 2.44. The molecule has 2 aromatic rings. The van der Waals surface area contributed by atoms with Crippen LogP contribution in [-0.2, 0) is 12.4 Å². The Kier molecular flexibility index (Phi) is 4.97. The minimum atomic E-state index is -5.11. The molecule has 0 saturated heterocycles. The summed E-state index contributed by atoms with van der Waals surface area (Å²) in [6, 6.07) is 2.58. The topological polar surface area (TPSA) is 95.5 Å². The van der Waals surface area contributed by atoms with Crippen LogP contribution in [0.25, 0.3) is 0 Å². The predicted molar refractivity (Wildman–Crippen MR) is 76.3 cm³/mol. The standard InChI is InChI=1S/C14H6F6N2O5/c15-13(16,17)7-1-3-9(4-2-7)27-12-10(21(23)24)5-8(14(18,19)20)6-11(12)22(25)26/h1-6H. The lowest BCUT2D eigenvalue weighted by Crippen LogP contribution is -2.08. The molecule has 0 aliphatic carbocycles. The summed E-state index contributed by atoms with van der Waals surface area (Å²) < 4.78 is 80.8. The fourth-order valence-electron chi connectivity index (χ4n) is 1.97. The summed E-state index contributed by atoms with van der Waals surface area (Å²) in [6.45, 7) is 0. The van der Waals surface area contributed by atoms with E-state index in [0.717, 1.165) is 0 Å². The van der Waals surface area contributed by atoms with Crippen molar-refractivity contribution in [2.75, 3.05) is 0 Å². The third-order valence-electron chi connectivity index (χ3n) is 3.17. The van der Waals surface area contributed by atoms with Crippen molar-refractivity contribution in [2.45, 2.75) is 12.4 Å². The van der Waals surface area contributed by atoms with Crippen molar-refractivity contribution >= 4 is 11.4 Å². The molecule has 144 valence electrons. The zero-order valence-corrected chi connectivity index (χ0v) is 12.7. The number of hydrogen-bond donors (Lipinski definition) is 0. The Morgan fingerprint density at radius 2 is 1.15 bits per heavy atom. The van der Waals surface area contributed by atoms with E-state index >= 15 is 0 Å². The average molecular weight is 396 g/mol. The molecule has 27 heavy (non-hydrogen) atoms. The lowest BCUT2D eigenvalue weighted by Gasteiger charge is -2.11. The Morgan fingerprint density at radius 1 is 0.741 bits per heavy atom. The van der Waals surface area contributed by atoms with E-state index in [1.165, 1.54) is 0 Å². The maximum absolute atomic E-state index is 12.8. The smallest absolute Gasteiger partial charge is 0.416 e. The summed E-state index contributed by atoms with van der Waals surface area (Å²) in [4.78, 5) is 19.4. The Balaban J connectivity index is 2.58. The molecule has 0 heterocycles. The molecule has 0 aliphatic rings. The van der Waals surface area contributed by atoms with Crippen LogP contribution in [0.15, 0.2) is 36.4 Å². The number of halogens is 6. The van der Waals surface area contributed by atoms with Crippen LogP contribution < -0.4 is 4.74 Å². The van der Waals surface area contributed by atoms with E-state index in [1.807, 2.05) is 0 Å². The number of benzene rings is 2. The third-order valence-corrected chi connectivity index (χ3v) is 3.17. The summed E-state index contributed by atoms with van der Waals surface area (Å²) in [7, 11) is 0. The molecule has 0 fully saturated rings. The summed E-state index contributed by atoms with van der Waals surface area (Å²) in [6.07, 6.45) is -9.80. The van der Waals surface area contributed by atoms with Gasteiger partial charge in [0.15, 0.2) is 0 Å².